The number of anilines is 1. The van der Waals surface area contributed by atoms with Crippen molar-refractivity contribution in [3.63, 3.8) is 0 Å². The highest BCUT2D eigenvalue weighted by molar-refractivity contribution is 6.03. The van der Waals surface area contributed by atoms with E-state index in [1.54, 1.807) is 6.07 Å². The summed E-state index contributed by atoms with van der Waals surface area (Å²) in [5.41, 5.74) is 1.46. The van der Waals surface area contributed by atoms with Crippen LogP contribution in [-0.2, 0) is 13.0 Å². The van der Waals surface area contributed by atoms with Gasteiger partial charge in [0.2, 0.25) is 0 Å². The standard InChI is InChI=1S/C19H23FN4O2/c1-12(2)11-21-18(25)16-15-8-3-4-9-24(15)17(23-16)19(26)22-14-7-5-6-13(20)10-14/h5-7,10,12H,3-4,8-9,11H2,1-2H3,(H,21,25)(H,22,26). The molecule has 1 aliphatic heterocycles. The molecule has 26 heavy (non-hydrogen) atoms. The van der Waals surface area contributed by atoms with Crippen molar-refractivity contribution in [1.29, 1.82) is 0 Å². The lowest BCUT2D eigenvalue weighted by molar-refractivity contribution is 0.0943. The number of rotatable bonds is 5. The van der Waals surface area contributed by atoms with E-state index >= 15 is 0 Å². The number of benzene rings is 1. The molecule has 0 bridgehead atoms. The minimum Gasteiger partial charge on any atom is -0.350 e. The summed E-state index contributed by atoms with van der Waals surface area (Å²) in [6.07, 6.45) is 2.60. The van der Waals surface area contributed by atoms with Crippen LogP contribution in [0.5, 0.6) is 0 Å². The first-order valence-electron chi connectivity index (χ1n) is 8.90. The predicted molar refractivity (Wildman–Crippen MR) is 96.7 cm³/mol. The number of halogens is 1. The number of hydrogen-bond acceptors (Lipinski definition) is 3. The number of fused-ring (bicyclic) bond motifs is 1. The van der Waals surface area contributed by atoms with Gasteiger partial charge in [0.05, 0.1) is 5.69 Å². The lowest BCUT2D eigenvalue weighted by atomic mass is 10.1. The van der Waals surface area contributed by atoms with Crippen molar-refractivity contribution in [2.45, 2.75) is 39.7 Å². The molecule has 7 heteroatoms. The Labute approximate surface area is 151 Å². The number of nitrogens with one attached hydrogen (secondary N) is 2. The van der Waals surface area contributed by atoms with Crippen molar-refractivity contribution < 1.29 is 14.0 Å². The van der Waals surface area contributed by atoms with Gasteiger partial charge in [0, 0.05) is 18.8 Å². The number of imidazole rings is 1. The van der Waals surface area contributed by atoms with Gasteiger partial charge in [-0.3, -0.25) is 9.59 Å². The second-order valence-corrected chi connectivity index (χ2v) is 6.91. The SMILES string of the molecule is CC(C)CNC(=O)c1nc(C(=O)Nc2cccc(F)c2)n2c1CCCC2. The topological polar surface area (TPSA) is 76.0 Å². The van der Waals surface area contributed by atoms with Gasteiger partial charge in [-0.2, -0.15) is 0 Å². The molecule has 3 rings (SSSR count). The molecule has 0 radical (unpaired) electrons. The van der Waals surface area contributed by atoms with Crippen LogP contribution in [0.15, 0.2) is 24.3 Å². The molecule has 2 heterocycles. The smallest absolute Gasteiger partial charge is 0.291 e. The number of aromatic nitrogens is 2. The predicted octanol–water partition coefficient (Wildman–Crippen LogP) is 3.00. The summed E-state index contributed by atoms with van der Waals surface area (Å²) < 4.78 is 15.1. The first kappa shape index (κ1) is 18.1. The molecule has 1 aromatic heterocycles. The van der Waals surface area contributed by atoms with E-state index in [0.29, 0.717) is 36.8 Å². The Balaban J connectivity index is 1.87. The van der Waals surface area contributed by atoms with Crippen molar-refractivity contribution in [2.75, 3.05) is 11.9 Å². The van der Waals surface area contributed by atoms with Crippen LogP contribution >= 0.6 is 0 Å². The van der Waals surface area contributed by atoms with Gasteiger partial charge in [-0.1, -0.05) is 19.9 Å². The molecular formula is C19H23FN4O2. The lowest BCUT2D eigenvalue weighted by Crippen LogP contribution is -2.29. The molecule has 1 aliphatic rings. The van der Waals surface area contributed by atoms with E-state index in [4.69, 9.17) is 0 Å². The quantitative estimate of drug-likeness (QED) is 0.863. The average molecular weight is 358 g/mol. The third-order valence-electron chi connectivity index (χ3n) is 4.29. The van der Waals surface area contributed by atoms with Crippen molar-refractivity contribution in [2.24, 2.45) is 5.92 Å². The highest BCUT2D eigenvalue weighted by atomic mass is 19.1. The fourth-order valence-corrected chi connectivity index (χ4v) is 3.03. The van der Waals surface area contributed by atoms with Crippen LogP contribution in [0.4, 0.5) is 10.1 Å². The Kier molecular flexibility index (Phi) is 5.35. The van der Waals surface area contributed by atoms with E-state index in [2.05, 4.69) is 15.6 Å². The summed E-state index contributed by atoms with van der Waals surface area (Å²) in [6.45, 7) is 5.23. The van der Waals surface area contributed by atoms with Crippen molar-refractivity contribution in [3.8, 4) is 0 Å². The van der Waals surface area contributed by atoms with Crippen LogP contribution in [-0.4, -0.2) is 27.9 Å². The van der Waals surface area contributed by atoms with Gasteiger partial charge in [0.1, 0.15) is 11.5 Å². The molecule has 0 saturated carbocycles. The summed E-state index contributed by atoms with van der Waals surface area (Å²) in [5, 5.41) is 5.52. The molecule has 0 unspecified atom stereocenters. The number of carbonyl (C=O) groups excluding carboxylic acids is 2. The largest absolute Gasteiger partial charge is 0.350 e. The van der Waals surface area contributed by atoms with Crippen LogP contribution in [0.2, 0.25) is 0 Å². The molecule has 0 atom stereocenters. The lowest BCUT2D eigenvalue weighted by Gasteiger charge is -2.17. The molecule has 6 nitrogen and oxygen atoms in total. The summed E-state index contributed by atoms with van der Waals surface area (Å²) in [4.78, 5) is 29.5. The molecule has 0 spiro atoms. The zero-order valence-electron chi connectivity index (χ0n) is 15.0. The van der Waals surface area contributed by atoms with Crippen molar-refractivity contribution >= 4 is 17.5 Å². The monoisotopic (exact) mass is 358 g/mol. The van der Waals surface area contributed by atoms with Gasteiger partial charge < -0.3 is 15.2 Å². The molecule has 0 saturated heterocycles. The number of nitrogens with zero attached hydrogens (tertiary/aromatic N) is 2. The van der Waals surface area contributed by atoms with Crippen LogP contribution in [0.1, 0.15) is 53.5 Å². The Morgan fingerprint density at radius 1 is 1.27 bits per heavy atom. The maximum absolute atomic E-state index is 13.3. The van der Waals surface area contributed by atoms with E-state index in [0.717, 1.165) is 18.5 Å². The van der Waals surface area contributed by atoms with Gasteiger partial charge in [-0.15, -0.1) is 0 Å². The Hall–Kier alpha value is -2.70. The highest BCUT2D eigenvalue weighted by Crippen LogP contribution is 2.22. The maximum atomic E-state index is 13.3. The molecule has 0 fully saturated rings. The summed E-state index contributed by atoms with van der Waals surface area (Å²) in [6, 6.07) is 5.69. The van der Waals surface area contributed by atoms with Crippen LogP contribution in [0.25, 0.3) is 0 Å². The Bertz CT molecular complexity index is 829. The molecule has 138 valence electrons. The van der Waals surface area contributed by atoms with E-state index in [1.807, 2.05) is 18.4 Å². The second-order valence-electron chi connectivity index (χ2n) is 6.91. The molecule has 2 N–H and O–H groups in total. The summed E-state index contributed by atoms with van der Waals surface area (Å²) in [5.74, 6) is -0.607. The van der Waals surface area contributed by atoms with Crippen molar-refractivity contribution in [1.82, 2.24) is 14.9 Å². The van der Waals surface area contributed by atoms with Gasteiger partial charge in [0.15, 0.2) is 5.82 Å². The summed E-state index contributed by atoms with van der Waals surface area (Å²) >= 11 is 0. The first-order chi connectivity index (χ1) is 12.5. The van der Waals surface area contributed by atoms with E-state index in [-0.39, 0.29) is 11.7 Å². The minimum atomic E-state index is -0.443. The van der Waals surface area contributed by atoms with Crippen LogP contribution < -0.4 is 10.6 Å². The van der Waals surface area contributed by atoms with Gasteiger partial charge >= 0.3 is 0 Å². The summed E-state index contributed by atoms with van der Waals surface area (Å²) in [7, 11) is 0. The molecule has 2 amide bonds. The Morgan fingerprint density at radius 3 is 2.81 bits per heavy atom. The van der Waals surface area contributed by atoms with Crippen LogP contribution in [0.3, 0.4) is 0 Å². The molecule has 1 aromatic carbocycles. The van der Waals surface area contributed by atoms with Crippen LogP contribution in [0, 0.1) is 11.7 Å². The van der Waals surface area contributed by atoms with Gasteiger partial charge in [-0.25, -0.2) is 9.37 Å². The highest BCUT2D eigenvalue weighted by Gasteiger charge is 2.27. The zero-order chi connectivity index (χ0) is 18.7. The third kappa shape index (κ3) is 3.92. The number of amides is 2. The normalized spacial score (nSPS) is 13.4. The maximum Gasteiger partial charge on any atom is 0.291 e. The molecule has 0 aliphatic carbocycles. The third-order valence-corrected chi connectivity index (χ3v) is 4.29. The Morgan fingerprint density at radius 2 is 2.08 bits per heavy atom. The first-order valence-corrected chi connectivity index (χ1v) is 8.90. The van der Waals surface area contributed by atoms with E-state index in [1.165, 1.54) is 18.2 Å². The molecular weight excluding hydrogens is 335 g/mol. The zero-order valence-corrected chi connectivity index (χ0v) is 15.0. The average Bonchev–Trinajstić information content (AvgIpc) is 2.99. The number of carbonyl (C=O) groups is 2. The van der Waals surface area contributed by atoms with Gasteiger partial charge in [0.25, 0.3) is 11.8 Å². The fourth-order valence-electron chi connectivity index (χ4n) is 3.03. The van der Waals surface area contributed by atoms with E-state index in [9.17, 15) is 14.0 Å². The second kappa shape index (κ2) is 7.68. The van der Waals surface area contributed by atoms with Crippen molar-refractivity contribution in [3.05, 3.63) is 47.3 Å². The number of hydrogen-bond donors (Lipinski definition) is 2. The fraction of sp³-hybridized carbons (Fsp3) is 0.421. The minimum absolute atomic E-state index is 0.193. The molecule has 2 aromatic rings. The van der Waals surface area contributed by atoms with Gasteiger partial charge in [-0.05, 0) is 43.4 Å². The van der Waals surface area contributed by atoms with E-state index < -0.39 is 11.7 Å².